The smallest absolute Gasteiger partial charge is 0.243 e. The second-order valence-electron chi connectivity index (χ2n) is 4.40. The average molecular weight is 282 g/mol. The fraction of sp³-hybridized carbons (Fsp3) is 0.400. The van der Waals surface area contributed by atoms with Crippen molar-refractivity contribution < 1.29 is 9.90 Å². The second kappa shape index (κ2) is 8.73. The highest BCUT2D eigenvalue weighted by molar-refractivity contribution is 6.30. The predicted molar refractivity (Wildman–Crippen MR) is 78.3 cm³/mol. The number of benzene rings is 1. The van der Waals surface area contributed by atoms with Crippen LogP contribution in [0.3, 0.4) is 0 Å². The number of aliphatic hydroxyl groups is 1. The molecule has 0 fully saturated rings. The van der Waals surface area contributed by atoms with Gasteiger partial charge in [0, 0.05) is 18.2 Å². The van der Waals surface area contributed by atoms with Crippen LogP contribution < -0.4 is 5.32 Å². The Morgan fingerprint density at radius 2 is 2.05 bits per heavy atom. The Bertz CT molecular complexity index is 403. The van der Waals surface area contributed by atoms with Gasteiger partial charge in [0.25, 0.3) is 0 Å². The lowest BCUT2D eigenvalue weighted by molar-refractivity contribution is -0.116. The van der Waals surface area contributed by atoms with E-state index in [1.165, 1.54) is 11.6 Å². The zero-order valence-electron chi connectivity index (χ0n) is 10.9. The minimum Gasteiger partial charge on any atom is -0.396 e. The van der Waals surface area contributed by atoms with Gasteiger partial charge >= 0.3 is 0 Å². The Hall–Kier alpha value is -1.32. The first-order valence-corrected chi connectivity index (χ1v) is 6.81. The van der Waals surface area contributed by atoms with Gasteiger partial charge in [0.05, 0.1) is 0 Å². The lowest BCUT2D eigenvalue weighted by Gasteiger charge is -2.17. The summed E-state index contributed by atoms with van der Waals surface area (Å²) in [4.78, 5) is 11.1. The minimum atomic E-state index is -0.156. The molecule has 0 heterocycles. The first-order chi connectivity index (χ1) is 9.17. The summed E-state index contributed by atoms with van der Waals surface area (Å²) in [7, 11) is 0. The van der Waals surface area contributed by atoms with E-state index in [9.17, 15) is 4.79 Å². The molecular weight excluding hydrogens is 262 g/mol. The number of carbonyl (C=O) groups is 1. The second-order valence-corrected chi connectivity index (χ2v) is 4.83. The lowest BCUT2D eigenvalue weighted by atomic mass is 9.91. The Morgan fingerprint density at radius 3 is 2.63 bits per heavy atom. The summed E-state index contributed by atoms with van der Waals surface area (Å²) in [6.45, 7) is 4.20. The highest BCUT2D eigenvalue weighted by Crippen LogP contribution is 2.25. The molecule has 0 spiro atoms. The van der Waals surface area contributed by atoms with Crippen molar-refractivity contribution in [3.05, 3.63) is 47.5 Å². The van der Waals surface area contributed by atoms with Crippen LogP contribution in [0.1, 0.15) is 30.7 Å². The molecule has 0 radical (unpaired) electrons. The molecule has 4 heteroatoms. The summed E-state index contributed by atoms with van der Waals surface area (Å²) in [6.07, 6.45) is 3.75. The molecule has 1 unspecified atom stereocenters. The fourth-order valence-corrected chi connectivity index (χ4v) is 2.12. The summed E-state index contributed by atoms with van der Waals surface area (Å²) in [5.74, 6) is 0.159. The van der Waals surface area contributed by atoms with Gasteiger partial charge in [-0.3, -0.25) is 4.79 Å². The summed E-state index contributed by atoms with van der Waals surface area (Å²) in [5.41, 5.74) is 1.19. The molecule has 0 bridgehead atoms. The Labute approximate surface area is 119 Å². The molecule has 3 nitrogen and oxygen atoms in total. The van der Waals surface area contributed by atoms with Gasteiger partial charge in [0.1, 0.15) is 0 Å². The average Bonchev–Trinajstić information content (AvgIpc) is 2.43. The first-order valence-electron chi connectivity index (χ1n) is 6.44. The molecule has 1 amide bonds. The van der Waals surface area contributed by atoms with Gasteiger partial charge in [-0.2, -0.15) is 0 Å². The van der Waals surface area contributed by atoms with E-state index in [1.807, 2.05) is 24.3 Å². The molecule has 0 aliphatic carbocycles. The SMILES string of the molecule is C=CC(=O)NCCC(CCCO)c1ccc(Cl)cc1. The molecule has 1 rings (SSSR count). The van der Waals surface area contributed by atoms with Crippen LogP contribution in [0.4, 0.5) is 0 Å². The van der Waals surface area contributed by atoms with Crippen molar-refractivity contribution in [2.75, 3.05) is 13.2 Å². The summed E-state index contributed by atoms with van der Waals surface area (Å²) < 4.78 is 0. The van der Waals surface area contributed by atoms with Crippen molar-refractivity contribution in [2.45, 2.75) is 25.2 Å². The zero-order chi connectivity index (χ0) is 14.1. The Kier molecular flexibility index (Phi) is 7.23. The van der Waals surface area contributed by atoms with Crippen molar-refractivity contribution in [1.82, 2.24) is 5.32 Å². The maximum Gasteiger partial charge on any atom is 0.243 e. The van der Waals surface area contributed by atoms with E-state index in [0.717, 1.165) is 19.3 Å². The molecule has 0 aromatic heterocycles. The first kappa shape index (κ1) is 15.7. The number of carbonyl (C=O) groups excluding carboxylic acids is 1. The minimum absolute atomic E-state index is 0.156. The summed E-state index contributed by atoms with van der Waals surface area (Å²) in [5, 5.41) is 12.4. The van der Waals surface area contributed by atoms with Gasteiger partial charge in [-0.15, -0.1) is 0 Å². The van der Waals surface area contributed by atoms with Gasteiger partial charge < -0.3 is 10.4 Å². The molecular formula is C15H20ClNO2. The van der Waals surface area contributed by atoms with Crippen molar-refractivity contribution in [3.8, 4) is 0 Å². The van der Waals surface area contributed by atoms with Crippen molar-refractivity contribution in [3.63, 3.8) is 0 Å². The number of nitrogens with one attached hydrogen (secondary N) is 1. The van der Waals surface area contributed by atoms with E-state index in [-0.39, 0.29) is 12.5 Å². The molecule has 19 heavy (non-hydrogen) atoms. The van der Waals surface area contributed by atoms with Crippen LogP contribution in [0, 0.1) is 0 Å². The predicted octanol–water partition coefficient (Wildman–Crippen LogP) is 2.89. The molecule has 1 aromatic carbocycles. The van der Waals surface area contributed by atoms with E-state index >= 15 is 0 Å². The number of hydrogen-bond acceptors (Lipinski definition) is 2. The normalized spacial score (nSPS) is 11.9. The van der Waals surface area contributed by atoms with Gasteiger partial charge in [-0.25, -0.2) is 0 Å². The highest BCUT2D eigenvalue weighted by Gasteiger charge is 2.11. The van der Waals surface area contributed by atoms with E-state index in [4.69, 9.17) is 16.7 Å². The van der Waals surface area contributed by atoms with E-state index < -0.39 is 0 Å². The van der Waals surface area contributed by atoms with Crippen LogP contribution in [0.25, 0.3) is 0 Å². The van der Waals surface area contributed by atoms with E-state index in [2.05, 4.69) is 11.9 Å². The maximum atomic E-state index is 11.1. The zero-order valence-corrected chi connectivity index (χ0v) is 11.7. The van der Waals surface area contributed by atoms with Crippen molar-refractivity contribution in [2.24, 2.45) is 0 Å². The van der Waals surface area contributed by atoms with Crippen LogP contribution in [-0.4, -0.2) is 24.2 Å². The molecule has 104 valence electrons. The number of hydrogen-bond donors (Lipinski definition) is 2. The highest BCUT2D eigenvalue weighted by atomic mass is 35.5. The Morgan fingerprint density at radius 1 is 1.37 bits per heavy atom. The molecule has 1 atom stereocenters. The summed E-state index contributed by atoms with van der Waals surface area (Å²) in [6, 6.07) is 7.73. The topological polar surface area (TPSA) is 49.3 Å². The monoisotopic (exact) mass is 281 g/mol. The standard InChI is InChI=1S/C15H20ClNO2/c1-2-15(19)17-10-9-12(4-3-11-18)13-5-7-14(16)8-6-13/h2,5-8,12,18H,1,3-4,9-11H2,(H,17,19). The van der Waals surface area contributed by atoms with Crippen LogP contribution >= 0.6 is 11.6 Å². The quantitative estimate of drug-likeness (QED) is 0.720. The number of halogens is 1. The molecule has 0 saturated heterocycles. The van der Waals surface area contributed by atoms with Crippen LogP contribution in [-0.2, 0) is 4.79 Å². The van der Waals surface area contributed by atoms with Gasteiger partial charge in [0.2, 0.25) is 5.91 Å². The third-order valence-corrected chi connectivity index (χ3v) is 3.28. The van der Waals surface area contributed by atoms with Gasteiger partial charge in [-0.05, 0) is 49.0 Å². The van der Waals surface area contributed by atoms with Crippen LogP contribution in [0.2, 0.25) is 5.02 Å². The van der Waals surface area contributed by atoms with E-state index in [1.54, 1.807) is 0 Å². The third kappa shape index (κ3) is 5.90. The van der Waals surface area contributed by atoms with Crippen molar-refractivity contribution >= 4 is 17.5 Å². The van der Waals surface area contributed by atoms with Gasteiger partial charge in [0.15, 0.2) is 0 Å². The summed E-state index contributed by atoms with van der Waals surface area (Å²) >= 11 is 5.88. The lowest BCUT2D eigenvalue weighted by Crippen LogP contribution is -2.23. The fourth-order valence-electron chi connectivity index (χ4n) is 1.99. The molecule has 2 N–H and O–H groups in total. The van der Waals surface area contributed by atoms with Gasteiger partial charge in [-0.1, -0.05) is 30.3 Å². The number of amides is 1. The molecule has 1 aromatic rings. The molecule has 0 saturated carbocycles. The Balaban J connectivity index is 2.58. The van der Waals surface area contributed by atoms with Crippen LogP contribution in [0.5, 0.6) is 0 Å². The number of rotatable bonds is 8. The van der Waals surface area contributed by atoms with Crippen molar-refractivity contribution in [1.29, 1.82) is 0 Å². The third-order valence-electron chi connectivity index (χ3n) is 3.03. The maximum absolute atomic E-state index is 11.1. The molecule has 0 aliphatic heterocycles. The largest absolute Gasteiger partial charge is 0.396 e. The molecule has 0 aliphatic rings. The number of aliphatic hydroxyl groups excluding tert-OH is 1. The van der Waals surface area contributed by atoms with Crippen LogP contribution in [0.15, 0.2) is 36.9 Å². The van der Waals surface area contributed by atoms with E-state index in [0.29, 0.717) is 17.5 Å².